The average molecular weight is 417 g/mol. The summed E-state index contributed by atoms with van der Waals surface area (Å²) in [5, 5.41) is 11.0. The number of nitrogens with one attached hydrogen (secondary N) is 2. The third-order valence-corrected chi connectivity index (χ3v) is 5.31. The summed E-state index contributed by atoms with van der Waals surface area (Å²) in [5.74, 6) is -0.483. The van der Waals surface area contributed by atoms with Crippen LogP contribution in [0.4, 0.5) is 4.39 Å². The molecule has 2 N–H and O–H groups in total. The molecule has 2 aromatic carbocycles. The van der Waals surface area contributed by atoms with E-state index in [9.17, 15) is 9.18 Å². The van der Waals surface area contributed by atoms with E-state index in [-0.39, 0.29) is 11.7 Å². The lowest BCUT2D eigenvalue weighted by Gasteiger charge is -2.10. The average Bonchev–Trinajstić information content (AvgIpc) is 3.21. The van der Waals surface area contributed by atoms with E-state index in [0.717, 1.165) is 36.0 Å². The first-order valence-corrected chi connectivity index (χ1v) is 10.6. The van der Waals surface area contributed by atoms with Gasteiger partial charge >= 0.3 is 0 Å². The molecule has 0 saturated heterocycles. The number of carbonyl (C=O) groups excluding carboxylic acids is 1. The molecule has 0 atom stereocenters. The first-order chi connectivity index (χ1) is 15.1. The highest BCUT2D eigenvalue weighted by molar-refractivity contribution is 6.10. The van der Waals surface area contributed by atoms with Crippen LogP contribution in [-0.2, 0) is 0 Å². The van der Waals surface area contributed by atoms with Crippen LogP contribution in [0, 0.1) is 12.7 Å². The van der Waals surface area contributed by atoms with E-state index in [4.69, 9.17) is 4.98 Å². The van der Waals surface area contributed by atoms with Crippen molar-refractivity contribution in [3.8, 4) is 22.5 Å². The van der Waals surface area contributed by atoms with Crippen molar-refractivity contribution >= 4 is 16.9 Å². The molecule has 1 amide bonds. The molecule has 0 unspecified atom stereocenters. The molecule has 31 heavy (non-hydrogen) atoms. The predicted molar refractivity (Wildman–Crippen MR) is 121 cm³/mol. The maximum Gasteiger partial charge on any atom is 0.252 e. The van der Waals surface area contributed by atoms with E-state index in [1.54, 1.807) is 12.1 Å². The minimum absolute atomic E-state index is 0.165. The van der Waals surface area contributed by atoms with Gasteiger partial charge in [-0.3, -0.25) is 9.89 Å². The van der Waals surface area contributed by atoms with Gasteiger partial charge in [-0.05, 0) is 43.7 Å². The van der Waals surface area contributed by atoms with E-state index in [1.807, 2.05) is 37.3 Å². The second kappa shape index (κ2) is 9.08. The quantitative estimate of drug-likeness (QED) is 0.382. The number of aromatic amines is 1. The van der Waals surface area contributed by atoms with E-state index in [2.05, 4.69) is 22.4 Å². The maximum atomic E-state index is 13.4. The van der Waals surface area contributed by atoms with E-state index in [1.165, 1.54) is 12.1 Å². The van der Waals surface area contributed by atoms with Gasteiger partial charge in [-0.15, -0.1) is 0 Å². The lowest BCUT2D eigenvalue weighted by Crippen LogP contribution is -2.24. The molecule has 0 bridgehead atoms. The molecule has 4 rings (SSSR count). The zero-order chi connectivity index (χ0) is 21.8. The minimum Gasteiger partial charge on any atom is -0.352 e. The molecular weight excluding hydrogens is 391 g/mol. The number of benzene rings is 2. The van der Waals surface area contributed by atoms with Crippen molar-refractivity contribution in [2.45, 2.75) is 33.1 Å². The smallest absolute Gasteiger partial charge is 0.252 e. The number of rotatable bonds is 7. The molecule has 0 saturated carbocycles. The number of pyridine rings is 1. The van der Waals surface area contributed by atoms with Crippen LogP contribution >= 0.6 is 0 Å². The SMILES string of the molecule is CCCCCNC(=O)c1cc(-c2ccc(C)cc2)nc2n[nH]c(-c3ccc(F)cc3)c12. The fourth-order valence-electron chi connectivity index (χ4n) is 3.57. The molecule has 0 radical (unpaired) electrons. The Morgan fingerprint density at radius 1 is 1.03 bits per heavy atom. The lowest BCUT2D eigenvalue weighted by atomic mass is 10.0. The van der Waals surface area contributed by atoms with Crippen LogP contribution in [0.15, 0.2) is 54.6 Å². The number of unbranched alkanes of at least 4 members (excludes halogenated alkanes) is 2. The molecule has 0 spiro atoms. The molecule has 4 aromatic rings. The Morgan fingerprint density at radius 3 is 2.45 bits per heavy atom. The normalized spacial score (nSPS) is 11.1. The van der Waals surface area contributed by atoms with Crippen molar-refractivity contribution in [2.75, 3.05) is 6.54 Å². The van der Waals surface area contributed by atoms with Gasteiger partial charge in [0.1, 0.15) is 5.82 Å². The monoisotopic (exact) mass is 416 g/mol. The molecule has 5 nitrogen and oxygen atoms in total. The largest absolute Gasteiger partial charge is 0.352 e. The summed E-state index contributed by atoms with van der Waals surface area (Å²) in [4.78, 5) is 17.8. The van der Waals surface area contributed by atoms with Crippen LogP contribution in [0.3, 0.4) is 0 Å². The standard InChI is InChI=1S/C25H25FN4O/c1-3-4-5-14-27-25(31)20-15-21(17-8-6-16(2)7-9-17)28-24-22(20)23(29-30-24)18-10-12-19(26)13-11-18/h6-13,15H,3-5,14H2,1-2H3,(H,27,31)(H,28,29,30). The van der Waals surface area contributed by atoms with Gasteiger partial charge in [0.15, 0.2) is 5.65 Å². The van der Waals surface area contributed by atoms with Crippen LogP contribution in [0.25, 0.3) is 33.5 Å². The molecule has 158 valence electrons. The van der Waals surface area contributed by atoms with Crippen LogP contribution in [0.5, 0.6) is 0 Å². The Balaban J connectivity index is 1.82. The Bertz CT molecular complexity index is 1200. The molecular formula is C25H25FN4O. The van der Waals surface area contributed by atoms with Crippen molar-refractivity contribution in [2.24, 2.45) is 0 Å². The fourth-order valence-corrected chi connectivity index (χ4v) is 3.57. The van der Waals surface area contributed by atoms with Gasteiger partial charge in [0.05, 0.1) is 22.3 Å². The number of hydrogen-bond donors (Lipinski definition) is 2. The number of H-pyrrole nitrogens is 1. The summed E-state index contributed by atoms with van der Waals surface area (Å²) in [5.41, 5.74) is 5.10. The molecule has 2 aromatic heterocycles. The Kier molecular flexibility index (Phi) is 6.07. The van der Waals surface area contributed by atoms with Crippen molar-refractivity contribution in [1.29, 1.82) is 0 Å². The molecule has 0 aliphatic rings. The van der Waals surface area contributed by atoms with Crippen LogP contribution < -0.4 is 5.32 Å². The Labute approximate surface area is 180 Å². The number of hydrogen-bond acceptors (Lipinski definition) is 3. The topological polar surface area (TPSA) is 70.7 Å². The Morgan fingerprint density at radius 2 is 1.74 bits per heavy atom. The molecule has 0 aliphatic carbocycles. The van der Waals surface area contributed by atoms with Crippen LogP contribution in [0.1, 0.15) is 42.1 Å². The van der Waals surface area contributed by atoms with Gasteiger partial charge < -0.3 is 5.32 Å². The minimum atomic E-state index is -0.318. The van der Waals surface area contributed by atoms with Crippen molar-refractivity contribution in [1.82, 2.24) is 20.5 Å². The summed E-state index contributed by atoms with van der Waals surface area (Å²) in [7, 11) is 0. The van der Waals surface area contributed by atoms with Gasteiger partial charge in [0, 0.05) is 17.7 Å². The first kappa shape index (κ1) is 20.7. The fraction of sp³-hybridized carbons (Fsp3) is 0.240. The third kappa shape index (κ3) is 4.48. The zero-order valence-electron chi connectivity index (χ0n) is 17.7. The second-order valence-corrected chi connectivity index (χ2v) is 7.69. The highest BCUT2D eigenvalue weighted by atomic mass is 19.1. The summed E-state index contributed by atoms with van der Waals surface area (Å²) < 4.78 is 13.4. The van der Waals surface area contributed by atoms with E-state index in [0.29, 0.717) is 34.5 Å². The summed E-state index contributed by atoms with van der Waals surface area (Å²) >= 11 is 0. The number of amides is 1. The molecule has 2 heterocycles. The van der Waals surface area contributed by atoms with Crippen molar-refractivity contribution in [3.05, 3.63) is 71.5 Å². The Hall–Kier alpha value is -3.54. The highest BCUT2D eigenvalue weighted by Gasteiger charge is 2.20. The van der Waals surface area contributed by atoms with E-state index >= 15 is 0 Å². The highest BCUT2D eigenvalue weighted by Crippen LogP contribution is 2.31. The molecule has 6 heteroatoms. The predicted octanol–water partition coefficient (Wildman–Crippen LogP) is 5.66. The zero-order valence-corrected chi connectivity index (χ0v) is 17.7. The van der Waals surface area contributed by atoms with Crippen LogP contribution in [-0.4, -0.2) is 27.6 Å². The molecule has 0 fully saturated rings. The van der Waals surface area contributed by atoms with Crippen molar-refractivity contribution < 1.29 is 9.18 Å². The van der Waals surface area contributed by atoms with Crippen molar-refractivity contribution in [3.63, 3.8) is 0 Å². The third-order valence-electron chi connectivity index (χ3n) is 5.31. The number of aryl methyl sites for hydroxylation is 1. The first-order valence-electron chi connectivity index (χ1n) is 10.6. The van der Waals surface area contributed by atoms with Gasteiger partial charge in [-0.1, -0.05) is 49.6 Å². The van der Waals surface area contributed by atoms with Gasteiger partial charge in [-0.2, -0.15) is 5.10 Å². The lowest BCUT2D eigenvalue weighted by molar-refractivity contribution is 0.0954. The van der Waals surface area contributed by atoms with Crippen LogP contribution in [0.2, 0.25) is 0 Å². The summed E-state index contributed by atoms with van der Waals surface area (Å²) in [6.07, 6.45) is 3.08. The maximum absolute atomic E-state index is 13.4. The number of nitrogens with zero attached hydrogens (tertiary/aromatic N) is 2. The second-order valence-electron chi connectivity index (χ2n) is 7.69. The van der Waals surface area contributed by atoms with E-state index < -0.39 is 0 Å². The number of halogens is 1. The molecule has 0 aliphatic heterocycles. The summed E-state index contributed by atoms with van der Waals surface area (Å²) in [6.45, 7) is 4.76. The van der Waals surface area contributed by atoms with Gasteiger partial charge in [-0.25, -0.2) is 9.37 Å². The van der Waals surface area contributed by atoms with Gasteiger partial charge in [0.25, 0.3) is 5.91 Å². The number of fused-ring (bicyclic) bond motifs is 1. The summed E-state index contributed by atoms with van der Waals surface area (Å²) in [6, 6.07) is 15.9. The number of carbonyl (C=O) groups is 1. The van der Waals surface area contributed by atoms with Gasteiger partial charge in [0.2, 0.25) is 0 Å². The number of aromatic nitrogens is 3.